The molecule has 1 fully saturated rings. The molecule has 2 rings (SSSR count). The van der Waals surface area contributed by atoms with Crippen molar-refractivity contribution >= 4 is 5.97 Å². The molecule has 1 saturated heterocycles. The molecule has 1 aliphatic rings. The van der Waals surface area contributed by atoms with Gasteiger partial charge in [-0.05, 0) is 5.56 Å². The highest BCUT2D eigenvalue weighted by molar-refractivity contribution is 5.79. The van der Waals surface area contributed by atoms with Crippen molar-refractivity contribution < 1.29 is 19.7 Å². The molecule has 1 aromatic rings. The summed E-state index contributed by atoms with van der Waals surface area (Å²) in [6.45, 7) is 0. The highest BCUT2D eigenvalue weighted by atomic mass is 17.3. The number of benzene rings is 1. The molecular formula is C8H5O4-. The van der Waals surface area contributed by atoms with Crippen LogP contribution in [0.3, 0.4) is 0 Å². The number of hydrogen-bond acceptors (Lipinski definition) is 4. The summed E-state index contributed by atoms with van der Waals surface area (Å²) >= 11 is 0. The van der Waals surface area contributed by atoms with Crippen molar-refractivity contribution in [1.82, 2.24) is 0 Å². The third-order valence-corrected chi connectivity index (χ3v) is 1.60. The van der Waals surface area contributed by atoms with Gasteiger partial charge in [0.25, 0.3) is 0 Å². The Morgan fingerprint density at radius 2 is 2.25 bits per heavy atom. The van der Waals surface area contributed by atoms with Crippen molar-refractivity contribution in [2.24, 2.45) is 0 Å². The van der Waals surface area contributed by atoms with E-state index in [1.807, 2.05) is 0 Å². The molecule has 4 nitrogen and oxygen atoms in total. The average molecular weight is 165 g/mol. The van der Waals surface area contributed by atoms with Crippen LogP contribution in [0.15, 0.2) is 24.3 Å². The molecule has 4 heteroatoms. The van der Waals surface area contributed by atoms with E-state index in [0.29, 0.717) is 5.56 Å². The van der Waals surface area contributed by atoms with Gasteiger partial charge in [0.2, 0.25) is 6.10 Å². The van der Waals surface area contributed by atoms with Gasteiger partial charge in [0, 0.05) is 0 Å². The second kappa shape index (κ2) is 2.49. The average Bonchev–Trinajstić information content (AvgIpc) is 2.02. The van der Waals surface area contributed by atoms with Crippen LogP contribution >= 0.6 is 0 Å². The van der Waals surface area contributed by atoms with Gasteiger partial charge in [0.15, 0.2) is 0 Å². The maximum Gasteiger partial charge on any atom is 0.379 e. The van der Waals surface area contributed by atoms with Gasteiger partial charge in [0.1, 0.15) is 0 Å². The lowest BCUT2D eigenvalue weighted by Crippen LogP contribution is -2.29. The summed E-state index contributed by atoms with van der Waals surface area (Å²) in [6.07, 6.45) is -0.709. The molecule has 0 bridgehead atoms. The molecule has 1 atom stereocenters. The highest BCUT2D eigenvalue weighted by Gasteiger charge is 2.35. The molecule has 0 spiro atoms. The van der Waals surface area contributed by atoms with Crippen LogP contribution in [0, 0.1) is 0 Å². The fourth-order valence-electron chi connectivity index (χ4n) is 1.00. The first kappa shape index (κ1) is 7.12. The van der Waals surface area contributed by atoms with Gasteiger partial charge in [-0.25, -0.2) is 4.79 Å². The Hall–Kier alpha value is -1.55. The Bertz CT molecular complexity index is 321. The summed E-state index contributed by atoms with van der Waals surface area (Å²) < 4.78 is 0. The number of carbonyl (C=O) groups is 1. The van der Waals surface area contributed by atoms with Crippen LogP contribution < -0.4 is 5.11 Å². The maximum absolute atomic E-state index is 10.8. The second-order valence-electron chi connectivity index (χ2n) is 2.45. The summed E-state index contributed by atoms with van der Waals surface area (Å²) in [5.74, 6) is -0.601. The summed E-state index contributed by atoms with van der Waals surface area (Å²) in [4.78, 5) is 19.3. The molecule has 1 aromatic carbocycles. The molecule has 1 aliphatic heterocycles. The van der Waals surface area contributed by atoms with Gasteiger partial charge in [-0.1, -0.05) is 24.3 Å². The van der Waals surface area contributed by atoms with Gasteiger partial charge in [-0.3, -0.25) is 4.89 Å². The largest absolute Gasteiger partial charge is 0.872 e. The molecule has 0 aromatic heterocycles. The summed E-state index contributed by atoms with van der Waals surface area (Å²) in [5.41, 5.74) is 0.541. The minimum absolute atomic E-state index is 0.143. The standard InChI is InChI=1S/C8H6O4/c9-6-3-1-2-5(4-6)7-8(10)12-11-7/h1-4,7,9H/p-1. The minimum Gasteiger partial charge on any atom is -0.872 e. The predicted molar refractivity (Wildman–Crippen MR) is 35.8 cm³/mol. The smallest absolute Gasteiger partial charge is 0.379 e. The first-order valence-corrected chi connectivity index (χ1v) is 3.41. The summed E-state index contributed by atoms with van der Waals surface area (Å²) in [6, 6.07) is 5.98. The van der Waals surface area contributed by atoms with E-state index in [-0.39, 0.29) is 5.75 Å². The predicted octanol–water partition coefficient (Wildman–Crippen LogP) is 0.290. The fourth-order valence-corrected chi connectivity index (χ4v) is 1.00. The van der Waals surface area contributed by atoms with E-state index in [2.05, 4.69) is 9.78 Å². The third-order valence-electron chi connectivity index (χ3n) is 1.60. The Kier molecular flexibility index (Phi) is 1.48. The van der Waals surface area contributed by atoms with Crippen LogP contribution in [0.1, 0.15) is 11.7 Å². The molecule has 0 aliphatic carbocycles. The van der Waals surface area contributed by atoms with E-state index in [1.165, 1.54) is 12.1 Å². The minimum atomic E-state index is -0.709. The Balaban J connectivity index is 2.28. The van der Waals surface area contributed by atoms with Crippen LogP contribution in [0.2, 0.25) is 0 Å². The van der Waals surface area contributed by atoms with Crippen molar-refractivity contribution in [3.63, 3.8) is 0 Å². The van der Waals surface area contributed by atoms with Crippen molar-refractivity contribution in [2.75, 3.05) is 0 Å². The fraction of sp³-hybridized carbons (Fsp3) is 0.125. The van der Waals surface area contributed by atoms with Crippen LogP contribution in [0.25, 0.3) is 0 Å². The molecular weight excluding hydrogens is 160 g/mol. The van der Waals surface area contributed by atoms with E-state index in [0.717, 1.165) is 0 Å². The topological polar surface area (TPSA) is 58.6 Å². The molecule has 0 saturated carbocycles. The van der Waals surface area contributed by atoms with Crippen LogP contribution in [0.5, 0.6) is 5.75 Å². The SMILES string of the molecule is O=C1OOC1c1cccc([O-])c1. The summed E-state index contributed by atoms with van der Waals surface area (Å²) in [7, 11) is 0. The van der Waals surface area contributed by atoms with E-state index < -0.39 is 12.1 Å². The second-order valence-corrected chi connectivity index (χ2v) is 2.45. The van der Waals surface area contributed by atoms with Gasteiger partial charge in [0.05, 0.1) is 0 Å². The van der Waals surface area contributed by atoms with Crippen LogP contribution in [-0.2, 0) is 14.6 Å². The normalized spacial score (nSPS) is 21.3. The van der Waals surface area contributed by atoms with Gasteiger partial charge < -0.3 is 5.11 Å². The van der Waals surface area contributed by atoms with Gasteiger partial charge in [-0.2, -0.15) is 4.89 Å². The van der Waals surface area contributed by atoms with E-state index >= 15 is 0 Å². The molecule has 1 unspecified atom stereocenters. The Morgan fingerprint density at radius 1 is 1.42 bits per heavy atom. The number of carbonyl (C=O) groups excluding carboxylic acids is 1. The molecule has 62 valence electrons. The van der Waals surface area contributed by atoms with Crippen molar-refractivity contribution in [2.45, 2.75) is 6.10 Å². The molecule has 0 radical (unpaired) electrons. The lowest BCUT2D eigenvalue weighted by Gasteiger charge is -2.23. The lowest BCUT2D eigenvalue weighted by atomic mass is 10.1. The van der Waals surface area contributed by atoms with Gasteiger partial charge in [-0.15, -0.1) is 5.75 Å². The maximum atomic E-state index is 10.8. The lowest BCUT2D eigenvalue weighted by molar-refractivity contribution is -0.365. The van der Waals surface area contributed by atoms with Crippen LogP contribution in [0.4, 0.5) is 0 Å². The third kappa shape index (κ3) is 1.02. The number of hydrogen-bond donors (Lipinski definition) is 0. The van der Waals surface area contributed by atoms with Crippen LogP contribution in [-0.4, -0.2) is 5.97 Å². The van der Waals surface area contributed by atoms with Gasteiger partial charge >= 0.3 is 5.97 Å². The molecule has 1 heterocycles. The van der Waals surface area contributed by atoms with E-state index in [9.17, 15) is 9.90 Å². The molecule has 0 N–H and O–H groups in total. The van der Waals surface area contributed by atoms with E-state index in [1.54, 1.807) is 12.1 Å². The highest BCUT2D eigenvalue weighted by Crippen LogP contribution is 2.28. The molecule has 0 amide bonds. The summed E-state index contributed by atoms with van der Waals surface area (Å²) in [5, 5.41) is 10.8. The van der Waals surface area contributed by atoms with Crippen molar-refractivity contribution in [3.8, 4) is 5.75 Å². The monoisotopic (exact) mass is 165 g/mol. The Morgan fingerprint density at radius 3 is 2.75 bits per heavy atom. The zero-order valence-corrected chi connectivity index (χ0v) is 6.02. The number of rotatable bonds is 1. The zero-order chi connectivity index (χ0) is 8.55. The quantitative estimate of drug-likeness (QED) is 0.561. The van der Waals surface area contributed by atoms with Crippen molar-refractivity contribution in [1.29, 1.82) is 0 Å². The van der Waals surface area contributed by atoms with E-state index in [4.69, 9.17) is 0 Å². The Labute approximate surface area is 68.3 Å². The van der Waals surface area contributed by atoms with Crippen molar-refractivity contribution in [3.05, 3.63) is 29.8 Å². The first-order valence-electron chi connectivity index (χ1n) is 3.41. The first-order chi connectivity index (χ1) is 5.77. The zero-order valence-electron chi connectivity index (χ0n) is 6.02. The molecule has 12 heavy (non-hydrogen) atoms.